The second kappa shape index (κ2) is 7.66. The summed E-state index contributed by atoms with van der Waals surface area (Å²) in [5.74, 6) is 1.19. The number of thiazole rings is 1. The summed E-state index contributed by atoms with van der Waals surface area (Å²) in [5.41, 5.74) is 1.56. The van der Waals surface area contributed by atoms with Crippen LogP contribution in [0.1, 0.15) is 10.7 Å². The van der Waals surface area contributed by atoms with Gasteiger partial charge in [-0.1, -0.05) is 11.8 Å². The van der Waals surface area contributed by atoms with Crippen LogP contribution < -0.4 is 10.1 Å². The number of hydrogen-bond donors (Lipinski definition) is 1. The molecular weight excluding hydrogens is 360 g/mol. The fourth-order valence-electron chi connectivity index (χ4n) is 2.09. The molecule has 0 atom stereocenters. The smallest absolute Gasteiger partial charge is 0.277 e. The van der Waals surface area contributed by atoms with Gasteiger partial charge < -0.3 is 14.5 Å². The van der Waals surface area contributed by atoms with Crippen molar-refractivity contribution in [2.75, 3.05) is 18.2 Å². The zero-order valence-electron chi connectivity index (χ0n) is 13.9. The first-order valence-corrected chi connectivity index (χ1v) is 9.20. The molecule has 2 aromatic heterocycles. The Morgan fingerprint density at radius 2 is 2.04 bits per heavy atom. The average Bonchev–Trinajstić information content (AvgIpc) is 3.19. The van der Waals surface area contributed by atoms with Crippen molar-refractivity contribution in [2.24, 2.45) is 0 Å². The van der Waals surface area contributed by atoms with Gasteiger partial charge in [0.2, 0.25) is 5.91 Å². The highest BCUT2D eigenvalue weighted by molar-refractivity contribution is 7.99. The van der Waals surface area contributed by atoms with E-state index in [9.17, 15) is 4.79 Å². The largest absolute Gasteiger partial charge is 0.497 e. The number of nitrogens with one attached hydrogen (secondary N) is 1. The van der Waals surface area contributed by atoms with Crippen molar-refractivity contribution < 1.29 is 13.9 Å². The first kappa shape index (κ1) is 17.4. The van der Waals surface area contributed by atoms with Gasteiger partial charge in [0.15, 0.2) is 0 Å². The van der Waals surface area contributed by atoms with Crippen LogP contribution in [0.2, 0.25) is 0 Å². The van der Waals surface area contributed by atoms with Crippen molar-refractivity contribution in [3.63, 3.8) is 0 Å². The number of carbonyl (C=O) groups is 1. The molecule has 0 bridgehead atoms. The number of thioether (sulfide) groups is 1. The van der Waals surface area contributed by atoms with Gasteiger partial charge in [0, 0.05) is 5.69 Å². The van der Waals surface area contributed by atoms with E-state index < -0.39 is 0 Å². The van der Waals surface area contributed by atoms with E-state index in [0.717, 1.165) is 21.3 Å². The fraction of sp³-hybridized carbons (Fsp3) is 0.250. The molecule has 0 aliphatic rings. The first-order chi connectivity index (χ1) is 12.0. The number of aromatic nitrogens is 3. The van der Waals surface area contributed by atoms with Crippen molar-refractivity contribution >= 4 is 34.7 Å². The minimum absolute atomic E-state index is 0.153. The molecule has 7 nitrogen and oxygen atoms in total. The van der Waals surface area contributed by atoms with E-state index in [0.29, 0.717) is 16.8 Å². The van der Waals surface area contributed by atoms with E-state index in [1.54, 1.807) is 31.4 Å². The number of hydrogen-bond acceptors (Lipinski definition) is 8. The van der Waals surface area contributed by atoms with Gasteiger partial charge in [-0.05, 0) is 38.1 Å². The van der Waals surface area contributed by atoms with Crippen LogP contribution in [-0.2, 0) is 4.79 Å². The van der Waals surface area contributed by atoms with E-state index in [-0.39, 0.29) is 11.7 Å². The van der Waals surface area contributed by atoms with Gasteiger partial charge >= 0.3 is 0 Å². The van der Waals surface area contributed by atoms with Crippen LogP contribution in [0, 0.1) is 13.8 Å². The summed E-state index contributed by atoms with van der Waals surface area (Å²) in [7, 11) is 1.60. The number of benzene rings is 1. The zero-order valence-corrected chi connectivity index (χ0v) is 15.5. The van der Waals surface area contributed by atoms with Gasteiger partial charge in [-0.15, -0.1) is 21.5 Å². The summed E-state index contributed by atoms with van der Waals surface area (Å²) in [6, 6.07) is 7.13. The van der Waals surface area contributed by atoms with E-state index in [2.05, 4.69) is 20.5 Å². The highest BCUT2D eigenvalue weighted by Gasteiger charge is 2.16. The van der Waals surface area contributed by atoms with Crippen LogP contribution in [0.5, 0.6) is 5.75 Å². The van der Waals surface area contributed by atoms with Crippen molar-refractivity contribution in [1.82, 2.24) is 15.2 Å². The molecule has 3 rings (SSSR count). The molecule has 9 heteroatoms. The monoisotopic (exact) mass is 376 g/mol. The van der Waals surface area contributed by atoms with Crippen LogP contribution in [0.4, 0.5) is 5.69 Å². The highest BCUT2D eigenvalue weighted by atomic mass is 32.2. The Kier molecular flexibility index (Phi) is 5.34. The minimum atomic E-state index is -0.153. The van der Waals surface area contributed by atoms with Crippen LogP contribution in [0.25, 0.3) is 10.8 Å². The Labute approximate surface area is 152 Å². The number of amides is 1. The number of carbonyl (C=O) groups excluding carboxylic acids is 1. The van der Waals surface area contributed by atoms with E-state index in [4.69, 9.17) is 9.15 Å². The predicted octanol–water partition coefficient (Wildman–Crippen LogP) is 3.55. The summed E-state index contributed by atoms with van der Waals surface area (Å²) in [5, 5.41) is 12.1. The molecule has 25 heavy (non-hydrogen) atoms. The summed E-state index contributed by atoms with van der Waals surface area (Å²) in [6.07, 6.45) is 0. The maximum absolute atomic E-state index is 12.0. The number of aryl methyl sites for hydroxylation is 2. The number of methoxy groups -OCH3 is 1. The van der Waals surface area contributed by atoms with Gasteiger partial charge in [0.05, 0.1) is 23.6 Å². The molecule has 0 unspecified atom stereocenters. The minimum Gasteiger partial charge on any atom is -0.497 e. The Morgan fingerprint density at radius 3 is 2.68 bits per heavy atom. The Hall–Kier alpha value is -2.39. The van der Waals surface area contributed by atoms with E-state index >= 15 is 0 Å². The molecule has 0 aliphatic carbocycles. The zero-order chi connectivity index (χ0) is 17.8. The number of rotatable bonds is 6. The molecule has 0 saturated carbocycles. The summed E-state index contributed by atoms with van der Waals surface area (Å²) >= 11 is 2.69. The van der Waals surface area contributed by atoms with Crippen LogP contribution >= 0.6 is 23.1 Å². The third kappa shape index (κ3) is 4.37. The summed E-state index contributed by atoms with van der Waals surface area (Å²) in [6.45, 7) is 3.83. The SMILES string of the molecule is COc1ccc(NC(=O)CSc2nnc(-c3sc(C)nc3C)o2)cc1. The number of nitrogens with zero attached hydrogens (tertiary/aromatic N) is 3. The van der Waals surface area contributed by atoms with Crippen molar-refractivity contribution in [3.8, 4) is 16.5 Å². The number of anilines is 1. The molecule has 0 aliphatic heterocycles. The molecule has 1 N–H and O–H groups in total. The molecule has 3 aromatic rings. The second-order valence-corrected chi connectivity index (χ2v) is 7.22. The van der Waals surface area contributed by atoms with Crippen molar-refractivity contribution in [2.45, 2.75) is 19.1 Å². The maximum atomic E-state index is 12.0. The van der Waals surface area contributed by atoms with Gasteiger partial charge in [0.25, 0.3) is 11.1 Å². The Morgan fingerprint density at radius 1 is 1.28 bits per heavy atom. The van der Waals surface area contributed by atoms with Crippen LogP contribution in [-0.4, -0.2) is 34.0 Å². The molecule has 1 amide bonds. The lowest BCUT2D eigenvalue weighted by molar-refractivity contribution is -0.113. The molecule has 0 radical (unpaired) electrons. The predicted molar refractivity (Wildman–Crippen MR) is 97.2 cm³/mol. The highest BCUT2D eigenvalue weighted by Crippen LogP contribution is 2.30. The molecule has 130 valence electrons. The number of ether oxygens (including phenoxy) is 1. The first-order valence-electron chi connectivity index (χ1n) is 7.40. The molecule has 0 fully saturated rings. The van der Waals surface area contributed by atoms with Crippen LogP contribution in [0.15, 0.2) is 33.9 Å². The topological polar surface area (TPSA) is 90.1 Å². The fourth-order valence-corrected chi connectivity index (χ4v) is 3.49. The third-order valence-electron chi connectivity index (χ3n) is 3.20. The summed E-state index contributed by atoms with van der Waals surface area (Å²) < 4.78 is 10.7. The quantitative estimate of drug-likeness (QED) is 0.658. The molecule has 2 heterocycles. The lowest BCUT2D eigenvalue weighted by atomic mass is 10.3. The normalized spacial score (nSPS) is 10.7. The lowest BCUT2D eigenvalue weighted by Gasteiger charge is -2.05. The molecular formula is C16H16N4O3S2. The van der Waals surface area contributed by atoms with Crippen molar-refractivity contribution in [3.05, 3.63) is 35.0 Å². The molecule has 1 aromatic carbocycles. The molecule has 0 spiro atoms. The average molecular weight is 376 g/mol. The Bertz CT molecular complexity index is 874. The van der Waals surface area contributed by atoms with Crippen molar-refractivity contribution in [1.29, 1.82) is 0 Å². The lowest BCUT2D eigenvalue weighted by Crippen LogP contribution is -2.13. The maximum Gasteiger partial charge on any atom is 0.277 e. The van der Waals surface area contributed by atoms with Gasteiger partial charge in [-0.3, -0.25) is 4.79 Å². The van der Waals surface area contributed by atoms with Gasteiger partial charge in [0.1, 0.15) is 10.6 Å². The van der Waals surface area contributed by atoms with Gasteiger partial charge in [-0.2, -0.15) is 0 Å². The molecule has 0 saturated heterocycles. The van der Waals surface area contributed by atoms with E-state index in [1.807, 2.05) is 13.8 Å². The Balaban J connectivity index is 1.56. The van der Waals surface area contributed by atoms with Gasteiger partial charge in [-0.25, -0.2) is 4.98 Å². The van der Waals surface area contributed by atoms with Crippen LogP contribution in [0.3, 0.4) is 0 Å². The second-order valence-electron chi connectivity index (χ2n) is 5.09. The summed E-state index contributed by atoms with van der Waals surface area (Å²) in [4.78, 5) is 17.2. The third-order valence-corrected chi connectivity index (χ3v) is 5.08. The van der Waals surface area contributed by atoms with E-state index in [1.165, 1.54) is 23.1 Å². The standard InChI is InChI=1S/C16H16N4O3S2/c1-9-14(25-10(2)17-9)15-19-20-16(23-15)24-8-13(21)18-11-4-6-12(22-3)7-5-11/h4-7H,8H2,1-3H3,(H,18,21).